The van der Waals surface area contributed by atoms with Crippen LogP contribution in [0.3, 0.4) is 0 Å². The monoisotopic (exact) mass is 424 g/mol. The summed E-state index contributed by atoms with van der Waals surface area (Å²) in [6.45, 7) is 9.83. The van der Waals surface area contributed by atoms with E-state index in [0.29, 0.717) is 24.0 Å². The van der Waals surface area contributed by atoms with Gasteiger partial charge < -0.3 is 9.64 Å². The number of carbonyl (C=O) groups excluding carboxylic acids is 1. The molecule has 6 heteroatoms. The number of para-hydroxylation sites is 1. The molecule has 2 aliphatic rings. The zero-order valence-corrected chi connectivity index (χ0v) is 19.2. The van der Waals surface area contributed by atoms with E-state index < -0.39 is 0 Å². The maximum Gasteiger partial charge on any atom is 0.257 e. The highest BCUT2D eigenvalue weighted by Crippen LogP contribution is 2.26. The number of piperidine rings is 2. The van der Waals surface area contributed by atoms with Gasteiger partial charge in [0.25, 0.3) is 5.91 Å². The van der Waals surface area contributed by atoms with Gasteiger partial charge in [-0.3, -0.25) is 14.4 Å². The molecule has 0 N–H and O–H groups in total. The Kier molecular flexibility index (Phi) is 6.96. The van der Waals surface area contributed by atoms with Crippen LogP contribution in [-0.2, 0) is 13.6 Å². The molecule has 168 valence electrons. The molecule has 4 rings (SSSR count). The Hall–Kier alpha value is -2.34. The topological polar surface area (TPSA) is 50.6 Å². The van der Waals surface area contributed by atoms with E-state index in [1.807, 2.05) is 47.1 Å². The van der Waals surface area contributed by atoms with Crippen molar-refractivity contribution < 1.29 is 9.53 Å². The fraction of sp³-hybridized carbons (Fsp3) is 0.600. The molecule has 0 saturated carbocycles. The first-order valence-corrected chi connectivity index (χ1v) is 11.7. The zero-order chi connectivity index (χ0) is 21.8. The smallest absolute Gasteiger partial charge is 0.257 e. The highest BCUT2D eigenvalue weighted by atomic mass is 16.5. The van der Waals surface area contributed by atoms with Crippen molar-refractivity contribution in [2.24, 2.45) is 18.9 Å². The molecule has 0 spiro atoms. The minimum atomic E-state index is 0.111. The minimum absolute atomic E-state index is 0.111. The van der Waals surface area contributed by atoms with Crippen molar-refractivity contribution in [2.75, 3.05) is 32.8 Å². The molecule has 2 aromatic rings. The zero-order valence-electron chi connectivity index (χ0n) is 19.2. The van der Waals surface area contributed by atoms with E-state index in [-0.39, 0.29) is 5.91 Å². The van der Waals surface area contributed by atoms with Gasteiger partial charge in [-0.25, -0.2) is 0 Å². The fourth-order valence-corrected chi connectivity index (χ4v) is 4.73. The Bertz CT molecular complexity index is 885. The van der Waals surface area contributed by atoms with Gasteiger partial charge in [0, 0.05) is 50.4 Å². The third-order valence-corrected chi connectivity index (χ3v) is 7.00. The molecule has 6 nitrogen and oxygen atoms in total. The molecule has 1 aromatic carbocycles. The number of carbonyl (C=O) groups is 1. The Labute approximate surface area is 186 Å². The summed E-state index contributed by atoms with van der Waals surface area (Å²) >= 11 is 0. The van der Waals surface area contributed by atoms with Crippen molar-refractivity contribution in [2.45, 2.75) is 46.1 Å². The average molecular weight is 425 g/mol. The average Bonchev–Trinajstić information content (AvgIpc) is 3.10. The van der Waals surface area contributed by atoms with Crippen LogP contribution in [0.4, 0.5) is 0 Å². The predicted octanol–water partition coefficient (Wildman–Crippen LogP) is 3.89. The lowest BCUT2D eigenvalue weighted by Crippen LogP contribution is -2.38. The second-order valence-corrected chi connectivity index (χ2v) is 9.40. The second-order valence-electron chi connectivity index (χ2n) is 9.40. The van der Waals surface area contributed by atoms with Crippen LogP contribution in [0, 0.1) is 18.8 Å². The highest BCUT2D eigenvalue weighted by molar-refractivity contribution is 5.97. The van der Waals surface area contributed by atoms with Crippen molar-refractivity contribution in [3.8, 4) is 5.75 Å². The fourth-order valence-electron chi connectivity index (χ4n) is 4.73. The van der Waals surface area contributed by atoms with Crippen molar-refractivity contribution in [1.82, 2.24) is 19.6 Å². The molecule has 1 amide bonds. The molecule has 1 atom stereocenters. The number of benzene rings is 1. The van der Waals surface area contributed by atoms with Crippen LogP contribution >= 0.6 is 0 Å². The van der Waals surface area contributed by atoms with E-state index in [4.69, 9.17) is 4.74 Å². The number of amides is 1. The van der Waals surface area contributed by atoms with E-state index in [0.717, 1.165) is 51.3 Å². The summed E-state index contributed by atoms with van der Waals surface area (Å²) < 4.78 is 8.19. The summed E-state index contributed by atoms with van der Waals surface area (Å²) in [7, 11) is 1.99. The third kappa shape index (κ3) is 5.29. The van der Waals surface area contributed by atoms with Gasteiger partial charge >= 0.3 is 0 Å². The number of rotatable bonds is 6. The maximum atomic E-state index is 13.1. The Morgan fingerprint density at radius 1 is 1.16 bits per heavy atom. The Morgan fingerprint density at radius 2 is 1.94 bits per heavy atom. The van der Waals surface area contributed by atoms with Crippen LogP contribution in [0.25, 0.3) is 0 Å². The second kappa shape index (κ2) is 9.86. The Morgan fingerprint density at radius 3 is 2.68 bits per heavy atom. The summed E-state index contributed by atoms with van der Waals surface area (Å²) in [4.78, 5) is 17.6. The third-order valence-electron chi connectivity index (χ3n) is 7.00. The van der Waals surface area contributed by atoms with Gasteiger partial charge in [-0.2, -0.15) is 5.10 Å². The van der Waals surface area contributed by atoms with E-state index in [9.17, 15) is 4.79 Å². The van der Waals surface area contributed by atoms with E-state index in [2.05, 4.69) is 23.8 Å². The lowest BCUT2D eigenvalue weighted by atomic mass is 9.98. The normalized spacial score (nSPS) is 20.7. The van der Waals surface area contributed by atoms with Crippen LogP contribution in [0.5, 0.6) is 5.75 Å². The molecule has 1 aromatic heterocycles. The summed E-state index contributed by atoms with van der Waals surface area (Å²) in [6, 6.07) is 7.75. The summed E-state index contributed by atoms with van der Waals surface area (Å²) in [5.41, 5.74) is 3.24. The summed E-state index contributed by atoms with van der Waals surface area (Å²) in [6.07, 6.45) is 6.51. The van der Waals surface area contributed by atoms with Gasteiger partial charge in [-0.05, 0) is 57.2 Å². The Balaban J connectivity index is 1.34. The molecule has 1 unspecified atom stereocenters. The molecular weight excluding hydrogens is 388 g/mol. The molecule has 2 saturated heterocycles. The van der Waals surface area contributed by atoms with Gasteiger partial charge in [-0.15, -0.1) is 0 Å². The summed E-state index contributed by atoms with van der Waals surface area (Å²) in [5.74, 6) is 2.02. The minimum Gasteiger partial charge on any atom is -0.492 e. The lowest BCUT2D eigenvalue weighted by molar-refractivity contribution is 0.0689. The van der Waals surface area contributed by atoms with Crippen LogP contribution in [0.15, 0.2) is 30.5 Å². The SMILES string of the molecule is Cc1c(CN2CCCC(COc3ccccc3C(=O)N3CCC(C)CC3)C2)cnn1C. The summed E-state index contributed by atoms with van der Waals surface area (Å²) in [5, 5.41) is 4.37. The lowest BCUT2D eigenvalue weighted by Gasteiger charge is -2.33. The van der Waals surface area contributed by atoms with Crippen LogP contribution in [0.1, 0.15) is 54.2 Å². The van der Waals surface area contributed by atoms with E-state index in [1.165, 1.54) is 24.1 Å². The van der Waals surface area contributed by atoms with Gasteiger partial charge in [0.1, 0.15) is 5.75 Å². The first-order chi connectivity index (χ1) is 15.0. The van der Waals surface area contributed by atoms with Crippen LogP contribution < -0.4 is 4.74 Å². The quantitative estimate of drug-likeness (QED) is 0.706. The first-order valence-electron chi connectivity index (χ1n) is 11.7. The molecule has 2 fully saturated rings. The molecule has 0 radical (unpaired) electrons. The number of aromatic nitrogens is 2. The molecule has 0 bridgehead atoms. The van der Waals surface area contributed by atoms with Crippen LogP contribution in [0.2, 0.25) is 0 Å². The molecule has 31 heavy (non-hydrogen) atoms. The molecular formula is C25H36N4O2. The number of hydrogen-bond acceptors (Lipinski definition) is 4. The predicted molar refractivity (Wildman–Crippen MR) is 122 cm³/mol. The van der Waals surface area contributed by atoms with Gasteiger partial charge in [0.15, 0.2) is 0 Å². The van der Waals surface area contributed by atoms with Crippen molar-refractivity contribution in [3.63, 3.8) is 0 Å². The number of ether oxygens (including phenoxy) is 1. The number of nitrogens with zero attached hydrogens (tertiary/aromatic N) is 4. The van der Waals surface area contributed by atoms with E-state index >= 15 is 0 Å². The van der Waals surface area contributed by atoms with Gasteiger partial charge in [0.05, 0.1) is 18.4 Å². The van der Waals surface area contributed by atoms with Crippen molar-refractivity contribution in [1.29, 1.82) is 0 Å². The van der Waals surface area contributed by atoms with Gasteiger partial charge in [0.2, 0.25) is 0 Å². The molecule has 0 aliphatic carbocycles. The van der Waals surface area contributed by atoms with Gasteiger partial charge in [-0.1, -0.05) is 19.1 Å². The molecule has 2 aliphatic heterocycles. The van der Waals surface area contributed by atoms with Crippen LogP contribution in [-0.4, -0.2) is 58.3 Å². The number of aryl methyl sites for hydroxylation is 1. The number of hydrogen-bond donors (Lipinski definition) is 0. The number of likely N-dealkylation sites (tertiary alicyclic amines) is 2. The van der Waals surface area contributed by atoms with Crippen molar-refractivity contribution in [3.05, 3.63) is 47.3 Å². The largest absolute Gasteiger partial charge is 0.492 e. The first kappa shape index (κ1) is 21.9. The van der Waals surface area contributed by atoms with Crippen molar-refractivity contribution >= 4 is 5.91 Å². The molecule has 3 heterocycles. The standard InChI is InChI=1S/C25H36N4O2/c1-19-10-13-29(14-11-19)25(30)23-8-4-5-9-24(23)31-18-21-7-6-12-28(16-21)17-22-15-26-27(3)20(22)2/h4-5,8-9,15,19,21H,6-7,10-14,16-18H2,1-3H3. The maximum absolute atomic E-state index is 13.1. The van der Waals surface area contributed by atoms with E-state index in [1.54, 1.807) is 0 Å². The highest BCUT2D eigenvalue weighted by Gasteiger charge is 2.25.